The van der Waals surface area contributed by atoms with E-state index in [0.717, 1.165) is 44.9 Å². The summed E-state index contributed by atoms with van der Waals surface area (Å²) in [7, 11) is 1.24. The van der Waals surface area contributed by atoms with Crippen molar-refractivity contribution in [3.8, 4) is 0 Å². The Morgan fingerprint density at radius 3 is 1.30 bits per heavy atom. The molecule has 1 amide bonds. The van der Waals surface area contributed by atoms with Crippen LogP contribution < -0.4 is 10.2 Å². The predicted octanol–water partition coefficient (Wildman–Crippen LogP) is 16.5. The third-order valence-corrected chi connectivity index (χ3v) is 13.7. The van der Waals surface area contributed by atoms with Crippen LogP contribution in [0.5, 0.6) is 0 Å². The first-order valence-electron chi connectivity index (χ1n) is 28.5. The number of nitrogens with zero attached hydrogens (tertiary/aromatic N) is 1. The van der Waals surface area contributed by atoms with Crippen molar-refractivity contribution >= 4 is 13.7 Å². The van der Waals surface area contributed by atoms with Crippen LogP contribution in [0.4, 0.5) is 0 Å². The van der Waals surface area contributed by atoms with Gasteiger partial charge in [0, 0.05) is 6.42 Å². The van der Waals surface area contributed by atoms with Gasteiger partial charge in [0.1, 0.15) is 13.2 Å². The summed E-state index contributed by atoms with van der Waals surface area (Å²) >= 11 is 0. The Bertz CT molecular complexity index is 1230. The number of hydrogen-bond acceptors (Lipinski definition) is 6. The number of rotatable bonds is 52. The van der Waals surface area contributed by atoms with Crippen molar-refractivity contribution in [2.24, 2.45) is 0 Å². The highest BCUT2D eigenvalue weighted by Crippen LogP contribution is 2.38. The zero-order valence-electron chi connectivity index (χ0n) is 44.9. The molecule has 0 spiro atoms. The summed E-state index contributed by atoms with van der Waals surface area (Å²) in [4.78, 5) is 25.5. The molecule has 0 saturated heterocycles. The molecule has 3 atom stereocenters. The lowest BCUT2D eigenvalue weighted by Gasteiger charge is -2.29. The summed E-state index contributed by atoms with van der Waals surface area (Å²) in [5.41, 5.74) is 0. The minimum absolute atomic E-state index is 0.00790. The molecule has 3 unspecified atom stereocenters. The van der Waals surface area contributed by atoms with Gasteiger partial charge in [-0.25, -0.2) is 0 Å². The van der Waals surface area contributed by atoms with Gasteiger partial charge in [0.25, 0.3) is 7.82 Å². The summed E-state index contributed by atoms with van der Waals surface area (Å²) in [6, 6.07) is -0.907. The van der Waals surface area contributed by atoms with Crippen molar-refractivity contribution in [3.63, 3.8) is 0 Å². The van der Waals surface area contributed by atoms with Crippen LogP contribution in [0, 0.1) is 0 Å². The first kappa shape index (κ1) is 65.5. The lowest BCUT2D eigenvalue weighted by molar-refractivity contribution is -0.870. The zero-order chi connectivity index (χ0) is 49.2. The topological polar surface area (TPSA) is 108 Å². The van der Waals surface area contributed by atoms with Crippen LogP contribution in [0.2, 0.25) is 0 Å². The maximum absolute atomic E-state index is 13.0. The highest BCUT2D eigenvalue weighted by molar-refractivity contribution is 7.45. The van der Waals surface area contributed by atoms with Crippen LogP contribution in [-0.2, 0) is 18.4 Å². The highest BCUT2D eigenvalue weighted by Gasteiger charge is 2.23. The Hall–Kier alpha value is -1.54. The van der Waals surface area contributed by atoms with Crippen LogP contribution in [-0.4, -0.2) is 68.5 Å². The minimum Gasteiger partial charge on any atom is -0.756 e. The fourth-order valence-electron chi connectivity index (χ4n) is 8.26. The molecule has 0 aliphatic rings. The van der Waals surface area contributed by atoms with Gasteiger partial charge in [0.05, 0.1) is 39.9 Å². The van der Waals surface area contributed by atoms with Crippen molar-refractivity contribution in [1.29, 1.82) is 0 Å². The second-order valence-corrected chi connectivity index (χ2v) is 22.0. The molecule has 9 heteroatoms. The monoisotopic (exact) mass is 963 g/mol. The molecule has 0 rings (SSSR count). The van der Waals surface area contributed by atoms with Gasteiger partial charge in [-0.05, 0) is 64.2 Å². The molecule has 0 bridgehead atoms. The normalized spacial score (nSPS) is 14.3. The van der Waals surface area contributed by atoms with Crippen molar-refractivity contribution in [2.45, 2.75) is 276 Å². The minimum atomic E-state index is -4.61. The summed E-state index contributed by atoms with van der Waals surface area (Å²) < 4.78 is 23.3. The number of carbonyl (C=O) groups is 1. The fraction of sp³-hybridized carbons (Fsp3) is 0.845. The lowest BCUT2D eigenvalue weighted by atomic mass is 10.0. The first-order valence-corrected chi connectivity index (χ1v) is 30.0. The van der Waals surface area contributed by atoms with E-state index in [9.17, 15) is 19.4 Å². The molecular formula is C58H111N2O6P. The quantitative estimate of drug-likeness (QED) is 0.0272. The number of aliphatic hydroxyl groups is 1. The van der Waals surface area contributed by atoms with Gasteiger partial charge in [-0.2, -0.15) is 0 Å². The second-order valence-electron chi connectivity index (χ2n) is 20.6. The molecule has 0 radical (unpaired) electrons. The SMILES string of the molecule is CCCCCCCCCCC/C=C\C/C=C\CCCCCCCCCCCC(=O)NC(COP(=O)([O-])OCC[N+](C)(C)C)C(O)/C=C/CC/C=C/CCCCCCCCCCCCCCCC. The molecule has 0 aliphatic carbocycles. The predicted molar refractivity (Wildman–Crippen MR) is 288 cm³/mol. The average Bonchev–Trinajstić information content (AvgIpc) is 3.29. The van der Waals surface area contributed by atoms with Crippen molar-refractivity contribution in [3.05, 3.63) is 48.6 Å². The average molecular weight is 964 g/mol. The van der Waals surface area contributed by atoms with Gasteiger partial charge >= 0.3 is 0 Å². The number of phosphoric acid groups is 1. The second kappa shape index (κ2) is 49.4. The summed E-state index contributed by atoms with van der Waals surface area (Å²) in [5, 5.41) is 13.9. The summed E-state index contributed by atoms with van der Waals surface area (Å²) in [6.07, 6.45) is 64.7. The van der Waals surface area contributed by atoms with E-state index >= 15 is 0 Å². The molecule has 0 heterocycles. The van der Waals surface area contributed by atoms with Crippen LogP contribution in [0.1, 0.15) is 264 Å². The fourth-order valence-corrected chi connectivity index (χ4v) is 8.98. The number of likely N-dealkylation sites (N-methyl/N-ethyl adjacent to an activating group) is 1. The molecule has 0 saturated carbocycles. The number of unbranched alkanes of at least 4 members (excludes halogenated alkanes) is 33. The van der Waals surface area contributed by atoms with Gasteiger partial charge < -0.3 is 28.8 Å². The largest absolute Gasteiger partial charge is 0.756 e. The molecule has 0 aromatic rings. The van der Waals surface area contributed by atoms with Gasteiger partial charge in [0.15, 0.2) is 0 Å². The number of hydrogen-bond donors (Lipinski definition) is 2. The molecule has 0 aromatic carbocycles. The third-order valence-electron chi connectivity index (χ3n) is 12.8. The third kappa shape index (κ3) is 52.1. The van der Waals surface area contributed by atoms with Crippen LogP contribution >= 0.6 is 7.82 Å². The Kier molecular flexibility index (Phi) is 48.3. The van der Waals surface area contributed by atoms with Gasteiger partial charge in [-0.1, -0.05) is 242 Å². The molecular weight excluding hydrogens is 852 g/mol. The van der Waals surface area contributed by atoms with E-state index in [0.29, 0.717) is 17.4 Å². The van der Waals surface area contributed by atoms with Crippen molar-refractivity contribution < 1.29 is 32.9 Å². The number of amides is 1. The number of aliphatic hydroxyl groups excluding tert-OH is 1. The van der Waals surface area contributed by atoms with E-state index in [1.54, 1.807) is 6.08 Å². The van der Waals surface area contributed by atoms with Crippen molar-refractivity contribution in [1.82, 2.24) is 5.32 Å². The van der Waals surface area contributed by atoms with Gasteiger partial charge in [-0.15, -0.1) is 0 Å². The Labute approximate surface area is 416 Å². The van der Waals surface area contributed by atoms with Crippen molar-refractivity contribution in [2.75, 3.05) is 40.9 Å². The molecule has 0 aliphatic heterocycles. The van der Waals surface area contributed by atoms with Crippen LogP contribution in [0.25, 0.3) is 0 Å². The number of carbonyl (C=O) groups excluding carboxylic acids is 1. The van der Waals surface area contributed by atoms with Crippen LogP contribution in [0.3, 0.4) is 0 Å². The molecule has 0 fully saturated rings. The molecule has 0 aromatic heterocycles. The van der Waals surface area contributed by atoms with E-state index in [1.807, 2.05) is 27.2 Å². The maximum Gasteiger partial charge on any atom is 0.268 e. The Morgan fingerprint density at radius 2 is 0.881 bits per heavy atom. The molecule has 2 N–H and O–H groups in total. The van der Waals surface area contributed by atoms with E-state index in [2.05, 4.69) is 55.6 Å². The Balaban J connectivity index is 4.27. The van der Waals surface area contributed by atoms with E-state index in [1.165, 1.54) is 199 Å². The molecule has 67 heavy (non-hydrogen) atoms. The lowest BCUT2D eigenvalue weighted by Crippen LogP contribution is -2.45. The zero-order valence-corrected chi connectivity index (χ0v) is 45.7. The van der Waals surface area contributed by atoms with E-state index in [4.69, 9.17) is 9.05 Å². The van der Waals surface area contributed by atoms with Gasteiger partial charge in [-0.3, -0.25) is 9.36 Å². The van der Waals surface area contributed by atoms with Gasteiger partial charge in [0.2, 0.25) is 5.91 Å². The standard InChI is InChI=1S/C58H111N2O6P/c1-6-8-10-12-14-16-18-20-22-24-26-28-29-30-31-32-34-36-38-40-42-44-46-48-50-52-58(62)59-56(55-66-67(63,64)65-54-53-60(3,4)5)57(61)51-49-47-45-43-41-39-37-35-33-27-25-23-21-19-17-15-13-11-9-7-2/h26,28,30-31,41,43,49,51,56-57,61H,6-25,27,29,32-40,42,44-48,50,52-55H2,1-5H3,(H-,59,62,63,64)/b28-26-,31-30-,43-41+,51-49+. The summed E-state index contributed by atoms with van der Waals surface area (Å²) in [5.74, 6) is -0.210. The molecule has 394 valence electrons. The van der Waals surface area contributed by atoms with E-state index < -0.39 is 26.6 Å². The maximum atomic E-state index is 13.0. The molecule has 8 nitrogen and oxygen atoms in total. The van der Waals surface area contributed by atoms with E-state index in [-0.39, 0.29) is 12.5 Å². The summed E-state index contributed by atoms with van der Waals surface area (Å²) in [6.45, 7) is 4.65. The number of quaternary nitrogens is 1. The number of allylic oxidation sites excluding steroid dienone is 7. The van der Waals surface area contributed by atoms with Crippen LogP contribution in [0.15, 0.2) is 48.6 Å². The number of nitrogens with one attached hydrogen (secondary N) is 1. The number of phosphoric ester groups is 1. The smallest absolute Gasteiger partial charge is 0.268 e. The highest BCUT2D eigenvalue weighted by atomic mass is 31.2. The first-order chi connectivity index (χ1) is 32.5. The Morgan fingerprint density at radius 1 is 0.522 bits per heavy atom.